The summed E-state index contributed by atoms with van der Waals surface area (Å²) in [6.07, 6.45) is 0. The summed E-state index contributed by atoms with van der Waals surface area (Å²) in [6, 6.07) is 13.0. The Balaban J connectivity index is 2.10. The summed E-state index contributed by atoms with van der Waals surface area (Å²) in [6.45, 7) is 4.63. The smallest absolute Gasteiger partial charge is 0.137 e. The molecule has 0 aliphatic carbocycles. The van der Waals surface area contributed by atoms with Gasteiger partial charge >= 0.3 is 0 Å². The van der Waals surface area contributed by atoms with E-state index in [1.54, 1.807) is 6.07 Å². The van der Waals surface area contributed by atoms with E-state index in [4.69, 9.17) is 4.74 Å². The Morgan fingerprint density at radius 2 is 1.89 bits per heavy atom. The highest BCUT2D eigenvalue weighted by atomic mass is 79.9. The molecule has 2 aromatic rings. The second kappa shape index (κ2) is 6.20. The first kappa shape index (κ1) is 14.1. The third-order valence-corrected chi connectivity index (χ3v) is 3.84. The highest BCUT2D eigenvalue weighted by Gasteiger charge is 2.06. The van der Waals surface area contributed by atoms with Gasteiger partial charge in [0.15, 0.2) is 0 Å². The van der Waals surface area contributed by atoms with Gasteiger partial charge in [0.05, 0.1) is 4.47 Å². The monoisotopic (exact) mass is 322 g/mol. The summed E-state index contributed by atoms with van der Waals surface area (Å²) in [5.41, 5.74) is 2.03. The van der Waals surface area contributed by atoms with E-state index in [0.717, 1.165) is 11.3 Å². The van der Waals surface area contributed by atoms with Crippen molar-refractivity contribution in [3.63, 3.8) is 0 Å². The van der Waals surface area contributed by atoms with E-state index < -0.39 is 0 Å². The molecular weight excluding hydrogens is 307 g/mol. The van der Waals surface area contributed by atoms with Crippen LogP contribution in [0.3, 0.4) is 0 Å². The fourth-order valence-electron chi connectivity index (χ4n) is 1.78. The predicted octanol–water partition coefficient (Wildman–Crippen LogP) is 5.29. The molecule has 0 aliphatic heterocycles. The Morgan fingerprint density at radius 1 is 1.16 bits per heavy atom. The second-order valence-corrected chi connectivity index (χ2v) is 5.52. The van der Waals surface area contributed by atoms with Crippen LogP contribution in [0, 0.1) is 5.82 Å². The number of halogens is 2. The summed E-state index contributed by atoms with van der Waals surface area (Å²) >= 11 is 3.24. The zero-order valence-corrected chi connectivity index (χ0v) is 12.6. The summed E-state index contributed by atoms with van der Waals surface area (Å²) in [5.74, 6) is 1.00. The third kappa shape index (κ3) is 3.57. The topological polar surface area (TPSA) is 9.23 Å². The number of ether oxygens (including phenoxy) is 1. The third-order valence-electron chi connectivity index (χ3n) is 2.95. The maximum atomic E-state index is 13.4. The quantitative estimate of drug-likeness (QED) is 0.743. The molecule has 0 saturated heterocycles. The zero-order valence-electron chi connectivity index (χ0n) is 11.0. The van der Waals surface area contributed by atoms with Gasteiger partial charge < -0.3 is 4.74 Å². The van der Waals surface area contributed by atoms with E-state index in [2.05, 4.69) is 35.8 Å². The Morgan fingerprint density at radius 3 is 2.63 bits per heavy atom. The van der Waals surface area contributed by atoms with Crippen LogP contribution in [0.1, 0.15) is 30.9 Å². The lowest BCUT2D eigenvalue weighted by atomic mass is 10.0. The summed E-state index contributed by atoms with van der Waals surface area (Å²) in [5, 5.41) is 0. The van der Waals surface area contributed by atoms with E-state index in [-0.39, 0.29) is 5.82 Å². The predicted molar refractivity (Wildman–Crippen MR) is 79.0 cm³/mol. The van der Waals surface area contributed by atoms with Crippen molar-refractivity contribution in [3.05, 3.63) is 63.9 Å². The van der Waals surface area contributed by atoms with Crippen molar-refractivity contribution in [2.45, 2.75) is 26.4 Å². The molecule has 0 amide bonds. The number of rotatable bonds is 4. The van der Waals surface area contributed by atoms with Gasteiger partial charge in [-0.3, -0.25) is 0 Å². The Kier molecular flexibility index (Phi) is 4.59. The van der Waals surface area contributed by atoms with Gasteiger partial charge in [0.25, 0.3) is 0 Å². The molecule has 0 radical (unpaired) electrons. The lowest BCUT2D eigenvalue weighted by Gasteiger charge is -2.11. The fraction of sp³-hybridized carbons (Fsp3) is 0.250. The van der Waals surface area contributed by atoms with Crippen LogP contribution in [0.25, 0.3) is 0 Å². The Labute approximate surface area is 121 Å². The van der Waals surface area contributed by atoms with Gasteiger partial charge in [-0.25, -0.2) is 4.39 Å². The zero-order chi connectivity index (χ0) is 13.8. The average molecular weight is 323 g/mol. The summed E-state index contributed by atoms with van der Waals surface area (Å²) < 4.78 is 19.6. The van der Waals surface area contributed by atoms with Crippen LogP contribution in [-0.2, 0) is 6.61 Å². The van der Waals surface area contributed by atoms with E-state index >= 15 is 0 Å². The van der Waals surface area contributed by atoms with Gasteiger partial charge in [-0.1, -0.05) is 38.1 Å². The molecule has 0 bridgehead atoms. The minimum absolute atomic E-state index is 0.267. The minimum Gasteiger partial charge on any atom is -0.489 e. The van der Waals surface area contributed by atoms with Crippen molar-refractivity contribution in [3.8, 4) is 5.75 Å². The van der Waals surface area contributed by atoms with E-state index in [1.807, 2.05) is 24.3 Å². The molecule has 0 spiro atoms. The van der Waals surface area contributed by atoms with Crippen LogP contribution in [0.5, 0.6) is 5.75 Å². The largest absolute Gasteiger partial charge is 0.489 e. The van der Waals surface area contributed by atoms with Gasteiger partial charge in [-0.2, -0.15) is 0 Å². The molecule has 1 nitrogen and oxygen atoms in total. The van der Waals surface area contributed by atoms with Crippen molar-refractivity contribution in [1.82, 2.24) is 0 Å². The lowest BCUT2D eigenvalue weighted by Crippen LogP contribution is -1.98. The Hall–Kier alpha value is -1.35. The first-order valence-electron chi connectivity index (χ1n) is 6.23. The molecule has 0 aromatic heterocycles. The maximum absolute atomic E-state index is 13.4. The lowest BCUT2D eigenvalue weighted by molar-refractivity contribution is 0.304. The molecule has 0 unspecified atom stereocenters. The van der Waals surface area contributed by atoms with Crippen molar-refractivity contribution in [2.75, 3.05) is 0 Å². The molecule has 19 heavy (non-hydrogen) atoms. The normalized spacial score (nSPS) is 10.8. The van der Waals surface area contributed by atoms with Crippen LogP contribution in [0.2, 0.25) is 0 Å². The SMILES string of the molecule is CC(C)c1cccc(OCc2cccc(F)c2Br)c1. The fourth-order valence-corrected chi connectivity index (χ4v) is 2.16. The first-order valence-corrected chi connectivity index (χ1v) is 7.03. The van der Waals surface area contributed by atoms with Gasteiger partial charge in [0.1, 0.15) is 18.2 Å². The molecule has 0 N–H and O–H groups in total. The highest BCUT2D eigenvalue weighted by molar-refractivity contribution is 9.10. The van der Waals surface area contributed by atoms with Crippen molar-refractivity contribution in [1.29, 1.82) is 0 Å². The summed E-state index contributed by atoms with van der Waals surface area (Å²) in [4.78, 5) is 0. The number of hydrogen-bond donors (Lipinski definition) is 0. The molecular formula is C16H16BrFO. The summed E-state index contributed by atoms with van der Waals surface area (Å²) in [7, 11) is 0. The molecule has 100 valence electrons. The average Bonchev–Trinajstić information content (AvgIpc) is 2.41. The van der Waals surface area contributed by atoms with Gasteiger partial charge in [0.2, 0.25) is 0 Å². The van der Waals surface area contributed by atoms with Crippen LogP contribution in [-0.4, -0.2) is 0 Å². The molecule has 0 fully saturated rings. The molecule has 0 atom stereocenters. The molecule has 0 saturated carbocycles. The molecule has 0 heterocycles. The number of hydrogen-bond acceptors (Lipinski definition) is 1. The first-order chi connectivity index (χ1) is 9.08. The van der Waals surface area contributed by atoms with E-state index in [9.17, 15) is 4.39 Å². The molecule has 2 aromatic carbocycles. The van der Waals surface area contributed by atoms with Crippen LogP contribution >= 0.6 is 15.9 Å². The van der Waals surface area contributed by atoms with Crippen molar-refractivity contribution in [2.24, 2.45) is 0 Å². The highest BCUT2D eigenvalue weighted by Crippen LogP contribution is 2.24. The van der Waals surface area contributed by atoms with Gasteiger partial charge in [-0.05, 0) is 45.6 Å². The maximum Gasteiger partial charge on any atom is 0.137 e. The van der Waals surface area contributed by atoms with Crippen LogP contribution < -0.4 is 4.74 Å². The Bertz CT molecular complexity index is 566. The van der Waals surface area contributed by atoms with Crippen LogP contribution in [0.15, 0.2) is 46.9 Å². The van der Waals surface area contributed by atoms with Crippen molar-refractivity contribution >= 4 is 15.9 Å². The minimum atomic E-state index is -0.267. The molecule has 2 rings (SSSR count). The van der Waals surface area contributed by atoms with Gasteiger partial charge in [0, 0.05) is 5.56 Å². The second-order valence-electron chi connectivity index (χ2n) is 4.73. The molecule has 0 aliphatic rings. The van der Waals surface area contributed by atoms with E-state index in [0.29, 0.717) is 17.0 Å². The standard InChI is InChI=1S/C16H16BrFO/c1-11(2)12-5-3-7-14(9-12)19-10-13-6-4-8-15(18)16(13)17/h3-9,11H,10H2,1-2H3. The number of benzene rings is 2. The van der Waals surface area contributed by atoms with Crippen LogP contribution in [0.4, 0.5) is 4.39 Å². The van der Waals surface area contributed by atoms with E-state index in [1.165, 1.54) is 11.6 Å². The molecule has 3 heteroatoms. The van der Waals surface area contributed by atoms with Gasteiger partial charge in [-0.15, -0.1) is 0 Å². The van der Waals surface area contributed by atoms with Crippen molar-refractivity contribution < 1.29 is 9.13 Å².